The zero-order valence-electron chi connectivity index (χ0n) is 12.3. The molecule has 0 N–H and O–H groups in total. The van der Waals surface area contributed by atoms with E-state index in [0.29, 0.717) is 16.6 Å². The Labute approximate surface area is 140 Å². The normalized spacial score (nSPS) is 17.5. The van der Waals surface area contributed by atoms with Crippen LogP contribution in [0.1, 0.15) is 35.6 Å². The van der Waals surface area contributed by atoms with E-state index in [2.05, 4.69) is 23.1 Å². The van der Waals surface area contributed by atoms with Crippen LogP contribution in [0.4, 0.5) is 5.69 Å². The Hall–Kier alpha value is -1.69. The van der Waals surface area contributed by atoms with Gasteiger partial charge >= 0.3 is 0 Å². The largest absolute Gasteiger partial charge is 0.364 e. The molecule has 2 nitrogen and oxygen atoms in total. The number of benzene rings is 2. The minimum Gasteiger partial charge on any atom is -0.364 e. The van der Waals surface area contributed by atoms with Gasteiger partial charge in [-0.05, 0) is 55.2 Å². The van der Waals surface area contributed by atoms with E-state index < -0.39 is 0 Å². The lowest BCUT2D eigenvalue weighted by Gasteiger charge is -2.29. The Bertz CT molecular complexity index is 732. The van der Waals surface area contributed by atoms with E-state index in [1.165, 1.54) is 5.56 Å². The van der Waals surface area contributed by atoms with Crippen LogP contribution in [0.5, 0.6) is 0 Å². The molecule has 4 heteroatoms. The maximum Gasteiger partial charge on any atom is 0.101 e. The molecule has 2 aromatic carbocycles. The fourth-order valence-corrected chi connectivity index (χ4v) is 3.49. The van der Waals surface area contributed by atoms with Gasteiger partial charge in [-0.2, -0.15) is 5.26 Å². The van der Waals surface area contributed by atoms with Crippen molar-refractivity contribution in [2.24, 2.45) is 0 Å². The molecule has 1 unspecified atom stereocenters. The van der Waals surface area contributed by atoms with Crippen molar-refractivity contribution < 1.29 is 0 Å². The van der Waals surface area contributed by atoms with Crippen molar-refractivity contribution in [2.75, 3.05) is 11.4 Å². The molecular formula is C18H16Cl2N2. The van der Waals surface area contributed by atoms with Crippen molar-refractivity contribution in [1.29, 1.82) is 5.26 Å². The maximum absolute atomic E-state index is 9.09. The Morgan fingerprint density at radius 1 is 1.14 bits per heavy atom. The third-order valence-corrected chi connectivity index (χ3v) is 5.03. The van der Waals surface area contributed by atoms with Gasteiger partial charge in [0.25, 0.3) is 0 Å². The van der Waals surface area contributed by atoms with Crippen LogP contribution in [-0.2, 0) is 0 Å². The minimum atomic E-state index is 0.333. The van der Waals surface area contributed by atoms with Gasteiger partial charge < -0.3 is 4.90 Å². The first kappa shape index (κ1) is 15.2. The molecule has 0 radical (unpaired) electrons. The summed E-state index contributed by atoms with van der Waals surface area (Å²) in [6.07, 6.45) is 2.25. The molecule has 1 fully saturated rings. The van der Waals surface area contributed by atoms with Gasteiger partial charge in [-0.25, -0.2) is 0 Å². The van der Waals surface area contributed by atoms with Gasteiger partial charge in [0.2, 0.25) is 0 Å². The summed E-state index contributed by atoms with van der Waals surface area (Å²) in [6.45, 7) is 2.98. The smallest absolute Gasteiger partial charge is 0.101 e. The van der Waals surface area contributed by atoms with E-state index in [-0.39, 0.29) is 0 Å². The fraction of sp³-hybridized carbons (Fsp3) is 0.278. The van der Waals surface area contributed by atoms with Gasteiger partial charge in [0, 0.05) is 17.3 Å². The summed E-state index contributed by atoms with van der Waals surface area (Å²) in [5.74, 6) is 0. The van der Waals surface area contributed by atoms with Crippen LogP contribution < -0.4 is 4.90 Å². The van der Waals surface area contributed by atoms with Gasteiger partial charge in [-0.3, -0.25) is 0 Å². The van der Waals surface area contributed by atoms with Crippen molar-refractivity contribution in [3.05, 3.63) is 63.1 Å². The van der Waals surface area contributed by atoms with Gasteiger partial charge in [0.1, 0.15) is 6.07 Å². The van der Waals surface area contributed by atoms with Crippen molar-refractivity contribution in [1.82, 2.24) is 0 Å². The van der Waals surface area contributed by atoms with Crippen molar-refractivity contribution in [2.45, 2.75) is 25.8 Å². The number of nitrogens with zero attached hydrogens (tertiary/aromatic N) is 2. The third kappa shape index (κ3) is 2.67. The van der Waals surface area contributed by atoms with Gasteiger partial charge in [-0.15, -0.1) is 0 Å². The zero-order valence-corrected chi connectivity index (χ0v) is 13.8. The van der Waals surface area contributed by atoms with Crippen molar-refractivity contribution >= 4 is 28.9 Å². The molecule has 0 bridgehead atoms. The standard InChI is InChI=1S/C18H16Cl2N2/c1-12-16(9-6-14(11-21)18(12)20)22-10-2-3-17(22)13-4-7-15(19)8-5-13/h4-9,17H,2-3,10H2,1H3. The molecule has 1 aliphatic heterocycles. The highest BCUT2D eigenvalue weighted by atomic mass is 35.5. The van der Waals surface area contributed by atoms with E-state index in [0.717, 1.165) is 35.7 Å². The number of hydrogen-bond acceptors (Lipinski definition) is 2. The monoisotopic (exact) mass is 330 g/mol. The molecule has 1 saturated heterocycles. The van der Waals surface area contributed by atoms with Gasteiger partial charge in [0.05, 0.1) is 16.6 Å². The second kappa shape index (κ2) is 6.20. The Morgan fingerprint density at radius 2 is 1.86 bits per heavy atom. The second-order valence-corrected chi connectivity index (χ2v) is 6.40. The van der Waals surface area contributed by atoms with E-state index in [1.807, 2.05) is 31.2 Å². The van der Waals surface area contributed by atoms with Crippen LogP contribution in [-0.4, -0.2) is 6.54 Å². The molecule has 1 atom stereocenters. The number of nitriles is 1. The molecule has 1 heterocycles. The third-order valence-electron chi connectivity index (χ3n) is 4.30. The van der Waals surface area contributed by atoms with E-state index >= 15 is 0 Å². The Morgan fingerprint density at radius 3 is 2.55 bits per heavy atom. The predicted molar refractivity (Wildman–Crippen MR) is 91.7 cm³/mol. The lowest BCUT2D eigenvalue weighted by Crippen LogP contribution is -2.23. The summed E-state index contributed by atoms with van der Waals surface area (Å²) in [5, 5.41) is 10.4. The van der Waals surface area contributed by atoms with Crippen molar-refractivity contribution in [3.63, 3.8) is 0 Å². The lowest BCUT2D eigenvalue weighted by atomic mass is 10.0. The summed E-state index contributed by atoms with van der Waals surface area (Å²) in [4.78, 5) is 2.38. The molecule has 3 rings (SSSR count). The highest BCUT2D eigenvalue weighted by Crippen LogP contribution is 2.40. The number of halogens is 2. The highest BCUT2D eigenvalue weighted by molar-refractivity contribution is 6.33. The van der Waals surface area contributed by atoms with Gasteiger partial charge in [-0.1, -0.05) is 35.3 Å². The van der Waals surface area contributed by atoms with Crippen LogP contribution in [0.2, 0.25) is 10.0 Å². The fourth-order valence-electron chi connectivity index (χ4n) is 3.16. The number of hydrogen-bond donors (Lipinski definition) is 0. The quantitative estimate of drug-likeness (QED) is 0.725. The van der Waals surface area contributed by atoms with Crippen LogP contribution in [0.25, 0.3) is 0 Å². The molecular weight excluding hydrogens is 315 g/mol. The molecule has 0 amide bonds. The molecule has 0 spiro atoms. The first-order valence-corrected chi connectivity index (χ1v) is 8.08. The van der Waals surface area contributed by atoms with Crippen molar-refractivity contribution in [3.8, 4) is 6.07 Å². The molecule has 22 heavy (non-hydrogen) atoms. The second-order valence-electron chi connectivity index (χ2n) is 5.59. The molecule has 2 aromatic rings. The highest BCUT2D eigenvalue weighted by Gasteiger charge is 2.28. The van der Waals surface area contributed by atoms with Crippen LogP contribution in [0, 0.1) is 18.3 Å². The predicted octanol–water partition coefficient (Wildman–Crippen LogP) is 5.52. The Kier molecular flexibility index (Phi) is 4.29. The first-order chi connectivity index (χ1) is 10.6. The molecule has 1 aliphatic rings. The molecule has 0 aromatic heterocycles. The van der Waals surface area contributed by atoms with Crippen LogP contribution >= 0.6 is 23.2 Å². The van der Waals surface area contributed by atoms with Crippen LogP contribution in [0.3, 0.4) is 0 Å². The number of anilines is 1. The average Bonchev–Trinajstić information content (AvgIpc) is 3.00. The van der Waals surface area contributed by atoms with Crippen LogP contribution in [0.15, 0.2) is 36.4 Å². The molecule has 112 valence electrons. The minimum absolute atomic E-state index is 0.333. The molecule has 0 aliphatic carbocycles. The molecule has 0 saturated carbocycles. The van der Waals surface area contributed by atoms with E-state index in [4.69, 9.17) is 28.5 Å². The summed E-state index contributed by atoms with van der Waals surface area (Å²) in [5.41, 5.74) is 3.88. The zero-order chi connectivity index (χ0) is 15.7. The SMILES string of the molecule is Cc1c(N2CCCC2c2ccc(Cl)cc2)ccc(C#N)c1Cl. The Balaban J connectivity index is 1.99. The first-order valence-electron chi connectivity index (χ1n) is 7.33. The average molecular weight is 331 g/mol. The lowest BCUT2D eigenvalue weighted by molar-refractivity contribution is 0.718. The summed E-state index contributed by atoms with van der Waals surface area (Å²) in [7, 11) is 0. The summed E-state index contributed by atoms with van der Waals surface area (Å²) < 4.78 is 0. The topological polar surface area (TPSA) is 27.0 Å². The van der Waals surface area contributed by atoms with E-state index in [9.17, 15) is 0 Å². The van der Waals surface area contributed by atoms with E-state index in [1.54, 1.807) is 0 Å². The van der Waals surface area contributed by atoms with Gasteiger partial charge in [0.15, 0.2) is 0 Å². The summed E-state index contributed by atoms with van der Waals surface area (Å²) >= 11 is 12.3. The number of rotatable bonds is 2. The maximum atomic E-state index is 9.09. The summed E-state index contributed by atoms with van der Waals surface area (Å²) in [6, 6.07) is 14.3.